The third-order valence-electron chi connectivity index (χ3n) is 4.38. The summed E-state index contributed by atoms with van der Waals surface area (Å²) in [6, 6.07) is 9.46. The molecule has 0 radical (unpaired) electrons. The topological polar surface area (TPSA) is 71.3 Å². The Morgan fingerprint density at radius 2 is 1.96 bits per heavy atom. The Bertz CT molecular complexity index is 1060. The highest BCUT2D eigenvalue weighted by molar-refractivity contribution is 6.34. The summed E-state index contributed by atoms with van der Waals surface area (Å²) in [5, 5.41) is 13.2. The van der Waals surface area contributed by atoms with Gasteiger partial charge >= 0.3 is 5.97 Å². The first kappa shape index (κ1) is 18.9. The van der Waals surface area contributed by atoms with Crippen LogP contribution in [-0.4, -0.2) is 22.2 Å². The molecule has 27 heavy (non-hydrogen) atoms. The normalized spacial score (nSPS) is 10.9. The highest BCUT2D eigenvalue weighted by atomic mass is 35.5. The summed E-state index contributed by atoms with van der Waals surface area (Å²) in [7, 11) is 0. The molecule has 0 atom stereocenters. The number of aromatic carboxylic acids is 1. The van der Waals surface area contributed by atoms with E-state index in [1.807, 2.05) is 6.92 Å². The second-order valence-electron chi connectivity index (χ2n) is 6.12. The van der Waals surface area contributed by atoms with E-state index in [0.29, 0.717) is 41.1 Å². The minimum Gasteiger partial charge on any atom is -0.477 e. The number of carboxylic acids is 1. The summed E-state index contributed by atoms with van der Waals surface area (Å²) in [5.74, 6) is -1.55. The molecule has 3 rings (SSSR count). The van der Waals surface area contributed by atoms with Crippen molar-refractivity contribution in [3.8, 4) is 0 Å². The summed E-state index contributed by atoms with van der Waals surface area (Å²) >= 11 is 6.35. The molecule has 0 aliphatic carbocycles. The number of hydrogen-bond donors (Lipinski definition) is 2. The number of anilines is 1. The van der Waals surface area contributed by atoms with Gasteiger partial charge in [-0.1, -0.05) is 23.7 Å². The van der Waals surface area contributed by atoms with Gasteiger partial charge in [-0.2, -0.15) is 0 Å². The SMILES string of the molecule is CCn1cc(C(=O)O)c(=O)c2cc(NCCc3ccc(F)cc3)c(Cl)cc21. The maximum absolute atomic E-state index is 13.0. The van der Waals surface area contributed by atoms with Crippen LogP contribution in [-0.2, 0) is 13.0 Å². The van der Waals surface area contributed by atoms with Crippen molar-refractivity contribution in [1.29, 1.82) is 0 Å². The average molecular weight is 389 g/mol. The van der Waals surface area contributed by atoms with E-state index in [2.05, 4.69) is 5.32 Å². The van der Waals surface area contributed by atoms with E-state index in [4.69, 9.17) is 11.6 Å². The van der Waals surface area contributed by atoms with Crippen molar-refractivity contribution >= 4 is 34.2 Å². The Morgan fingerprint density at radius 1 is 1.26 bits per heavy atom. The van der Waals surface area contributed by atoms with Crippen LogP contribution < -0.4 is 10.7 Å². The largest absolute Gasteiger partial charge is 0.477 e. The molecule has 0 spiro atoms. The molecule has 2 N–H and O–H groups in total. The fourth-order valence-electron chi connectivity index (χ4n) is 2.95. The zero-order valence-corrected chi connectivity index (χ0v) is 15.4. The molecule has 0 aliphatic rings. The van der Waals surface area contributed by atoms with Gasteiger partial charge in [0.1, 0.15) is 11.4 Å². The van der Waals surface area contributed by atoms with Gasteiger partial charge in [0, 0.05) is 24.7 Å². The van der Waals surface area contributed by atoms with Crippen molar-refractivity contribution in [2.24, 2.45) is 0 Å². The molecule has 2 aromatic carbocycles. The predicted molar refractivity (Wildman–Crippen MR) is 104 cm³/mol. The number of rotatable bonds is 6. The second kappa shape index (κ2) is 7.80. The molecule has 0 saturated heterocycles. The zero-order valence-electron chi connectivity index (χ0n) is 14.6. The number of carboxylic acid groups (broad SMARTS) is 1. The number of hydrogen-bond acceptors (Lipinski definition) is 3. The molecule has 5 nitrogen and oxygen atoms in total. The molecule has 0 aliphatic heterocycles. The number of aromatic nitrogens is 1. The first-order chi connectivity index (χ1) is 12.9. The molecule has 1 aromatic heterocycles. The smallest absolute Gasteiger partial charge is 0.341 e. The Hall–Kier alpha value is -2.86. The quantitative estimate of drug-likeness (QED) is 0.665. The van der Waals surface area contributed by atoms with Crippen molar-refractivity contribution in [1.82, 2.24) is 4.57 Å². The first-order valence-electron chi connectivity index (χ1n) is 8.49. The van der Waals surface area contributed by atoms with Gasteiger partial charge in [-0.3, -0.25) is 4.79 Å². The van der Waals surface area contributed by atoms with Gasteiger partial charge in [0.2, 0.25) is 5.43 Å². The van der Waals surface area contributed by atoms with E-state index in [0.717, 1.165) is 5.56 Å². The van der Waals surface area contributed by atoms with Crippen LogP contribution in [0.15, 0.2) is 47.4 Å². The number of fused-ring (bicyclic) bond motifs is 1. The Kier molecular flexibility index (Phi) is 5.46. The van der Waals surface area contributed by atoms with Crippen LogP contribution in [0.25, 0.3) is 10.9 Å². The van der Waals surface area contributed by atoms with Crippen LogP contribution in [0.4, 0.5) is 10.1 Å². The molecule has 0 fully saturated rings. The van der Waals surface area contributed by atoms with Crippen molar-refractivity contribution in [3.05, 3.63) is 74.8 Å². The number of halogens is 2. The Balaban J connectivity index is 1.92. The monoisotopic (exact) mass is 388 g/mol. The third-order valence-corrected chi connectivity index (χ3v) is 4.70. The van der Waals surface area contributed by atoms with Crippen LogP contribution in [0.2, 0.25) is 5.02 Å². The highest BCUT2D eigenvalue weighted by Gasteiger charge is 2.16. The molecule has 0 saturated carbocycles. The predicted octanol–water partition coefficient (Wildman–Crippen LogP) is 4.17. The fourth-order valence-corrected chi connectivity index (χ4v) is 3.18. The number of nitrogens with one attached hydrogen (secondary N) is 1. The summed E-state index contributed by atoms with van der Waals surface area (Å²) in [4.78, 5) is 23.9. The van der Waals surface area contributed by atoms with Crippen molar-refractivity contribution in [3.63, 3.8) is 0 Å². The number of nitrogens with zero attached hydrogens (tertiary/aromatic N) is 1. The lowest BCUT2D eigenvalue weighted by Crippen LogP contribution is -2.19. The minimum absolute atomic E-state index is 0.274. The number of benzene rings is 2. The molecule has 0 unspecified atom stereocenters. The number of pyridine rings is 1. The van der Waals surface area contributed by atoms with Crippen LogP contribution in [0, 0.1) is 5.82 Å². The van der Waals surface area contributed by atoms with Crippen LogP contribution in [0.5, 0.6) is 0 Å². The van der Waals surface area contributed by atoms with Crippen molar-refractivity contribution in [2.75, 3.05) is 11.9 Å². The maximum atomic E-state index is 13.0. The average Bonchev–Trinajstić information content (AvgIpc) is 2.64. The summed E-state index contributed by atoms with van der Waals surface area (Å²) in [6.07, 6.45) is 1.98. The van der Waals surface area contributed by atoms with Gasteiger partial charge in [0.05, 0.1) is 16.2 Å². The molecule has 7 heteroatoms. The number of carbonyl (C=O) groups is 1. The van der Waals surface area contributed by atoms with E-state index in [1.165, 1.54) is 18.3 Å². The number of aryl methyl sites for hydroxylation is 1. The zero-order chi connectivity index (χ0) is 19.6. The lowest BCUT2D eigenvalue weighted by molar-refractivity contribution is 0.0695. The standard InChI is InChI=1S/C20H18ClFN2O3/c1-2-24-11-15(20(26)27)19(25)14-9-17(16(21)10-18(14)24)23-8-7-12-3-5-13(22)6-4-12/h3-6,9-11,23H,2,7-8H2,1H3,(H,26,27). The highest BCUT2D eigenvalue weighted by Crippen LogP contribution is 2.27. The maximum Gasteiger partial charge on any atom is 0.341 e. The van der Waals surface area contributed by atoms with Gasteiger partial charge in [0.25, 0.3) is 0 Å². The molecule has 3 aromatic rings. The van der Waals surface area contributed by atoms with Crippen molar-refractivity contribution in [2.45, 2.75) is 19.9 Å². The van der Waals surface area contributed by atoms with Gasteiger partial charge in [-0.15, -0.1) is 0 Å². The first-order valence-corrected chi connectivity index (χ1v) is 8.86. The van der Waals surface area contributed by atoms with Crippen LogP contribution in [0.1, 0.15) is 22.8 Å². The molecule has 1 heterocycles. The van der Waals surface area contributed by atoms with E-state index in [9.17, 15) is 19.1 Å². The summed E-state index contributed by atoms with van der Waals surface area (Å²) < 4.78 is 14.6. The molecular weight excluding hydrogens is 371 g/mol. The summed E-state index contributed by atoms with van der Waals surface area (Å²) in [5.41, 5.74) is 1.28. The Morgan fingerprint density at radius 3 is 2.59 bits per heavy atom. The van der Waals surface area contributed by atoms with Crippen LogP contribution in [0.3, 0.4) is 0 Å². The van der Waals surface area contributed by atoms with E-state index >= 15 is 0 Å². The fraction of sp³-hybridized carbons (Fsp3) is 0.200. The molecule has 0 bridgehead atoms. The molecular formula is C20H18ClFN2O3. The lowest BCUT2D eigenvalue weighted by Gasteiger charge is -2.14. The summed E-state index contributed by atoms with van der Waals surface area (Å²) in [6.45, 7) is 2.89. The van der Waals surface area contributed by atoms with E-state index in [1.54, 1.807) is 28.8 Å². The lowest BCUT2D eigenvalue weighted by atomic mass is 10.1. The van der Waals surface area contributed by atoms with Crippen molar-refractivity contribution < 1.29 is 14.3 Å². The van der Waals surface area contributed by atoms with E-state index < -0.39 is 11.4 Å². The third kappa shape index (κ3) is 3.95. The minimum atomic E-state index is -1.26. The second-order valence-corrected chi connectivity index (χ2v) is 6.52. The van der Waals surface area contributed by atoms with E-state index in [-0.39, 0.29) is 11.4 Å². The van der Waals surface area contributed by atoms with Gasteiger partial charge in [-0.05, 0) is 43.2 Å². The van der Waals surface area contributed by atoms with Crippen LogP contribution >= 0.6 is 11.6 Å². The Labute approximate surface area is 160 Å². The van der Waals surface area contributed by atoms with Gasteiger partial charge < -0.3 is 15.0 Å². The molecule has 0 amide bonds. The van der Waals surface area contributed by atoms with Gasteiger partial charge in [0.15, 0.2) is 0 Å². The molecule has 140 valence electrons. The van der Waals surface area contributed by atoms with Gasteiger partial charge in [-0.25, -0.2) is 9.18 Å².